The van der Waals surface area contributed by atoms with Crippen molar-refractivity contribution in [1.29, 1.82) is 0 Å². The fourth-order valence-corrected chi connectivity index (χ4v) is 1.96. The number of nitrogens with zero attached hydrogens (tertiary/aromatic N) is 1. The molecule has 0 radical (unpaired) electrons. The van der Waals surface area contributed by atoms with Gasteiger partial charge in [-0.2, -0.15) is 0 Å². The van der Waals surface area contributed by atoms with Crippen LogP contribution in [0.1, 0.15) is 31.4 Å². The van der Waals surface area contributed by atoms with Gasteiger partial charge in [-0.1, -0.05) is 12.1 Å². The molecule has 2 heteroatoms. The molecule has 1 aromatic rings. The van der Waals surface area contributed by atoms with E-state index >= 15 is 0 Å². The van der Waals surface area contributed by atoms with Crippen molar-refractivity contribution in [2.24, 2.45) is 0 Å². The Bertz CT molecular complexity index is 303. The van der Waals surface area contributed by atoms with Crippen molar-refractivity contribution in [2.75, 3.05) is 18.0 Å². The first kappa shape index (κ1) is 9.53. The fourth-order valence-electron chi connectivity index (χ4n) is 1.96. The van der Waals surface area contributed by atoms with Crippen molar-refractivity contribution in [2.45, 2.75) is 25.9 Å². The van der Waals surface area contributed by atoms with Crippen LogP contribution in [0, 0.1) is 0 Å². The van der Waals surface area contributed by atoms with Crippen LogP contribution in [-0.4, -0.2) is 18.2 Å². The monoisotopic (exact) mass is 191 g/mol. The van der Waals surface area contributed by atoms with Crippen LogP contribution < -0.4 is 4.90 Å². The smallest absolute Gasteiger partial charge is 0.0762 e. The molecule has 0 bridgehead atoms. The summed E-state index contributed by atoms with van der Waals surface area (Å²) >= 11 is 0. The molecule has 1 fully saturated rings. The number of hydrogen-bond donors (Lipinski definition) is 1. The lowest BCUT2D eigenvalue weighted by Gasteiger charge is -2.18. The summed E-state index contributed by atoms with van der Waals surface area (Å²) in [7, 11) is 0. The molecule has 0 aliphatic carbocycles. The summed E-state index contributed by atoms with van der Waals surface area (Å²) in [5.74, 6) is 0. The summed E-state index contributed by atoms with van der Waals surface area (Å²) < 4.78 is 0. The molecule has 14 heavy (non-hydrogen) atoms. The van der Waals surface area contributed by atoms with Crippen molar-refractivity contribution < 1.29 is 5.11 Å². The Labute approximate surface area is 85.2 Å². The molecule has 1 saturated heterocycles. The molecule has 0 spiro atoms. The van der Waals surface area contributed by atoms with Crippen LogP contribution in [0.2, 0.25) is 0 Å². The van der Waals surface area contributed by atoms with Gasteiger partial charge in [0, 0.05) is 18.8 Å². The minimum atomic E-state index is -0.363. The first-order valence-corrected chi connectivity index (χ1v) is 5.30. The van der Waals surface area contributed by atoms with Crippen LogP contribution in [0.3, 0.4) is 0 Å². The van der Waals surface area contributed by atoms with Crippen molar-refractivity contribution in [3.05, 3.63) is 29.8 Å². The van der Waals surface area contributed by atoms with Gasteiger partial charge in [-0.3, -0.25) is 0 Å². The highest BCUT2D eigenvalue weighted by Gasteiger charge is 2.12. The van der Waals surface area contributed by atoms with Crippen LogP contribution in [0.5, 0.6) is 0 Å². The van der Waals surface area contributed by atoms with E-state index in [9.17, 15) is 5.11 Å². The number of aliphatic hydroxyl groups excluding tert-OH is 1. The van der Waals surface area contributed by atoms with Gasteiger partial charge in [-0.25, -0.2) is 0 Å². The van der Waals surface area contributed by atoms with Gasteiger partial charge in [0.1, 0.15) is 0 Å². The Balaban J connectivity index is 2.21. The van der Waals surface area contributed by atoms with Crippen molar-refractivity contribution in [3.8, 4) is 0 Å². The summed E-state index contributed by atoms with van der Waals surface area (Å²) in [5, 5.41) is 9.47. The minimum absolute atomic E-state index is 0.363. The van der Waals surface area contributed by atoms with Gasteiger partial charge in [0.15, 0.2) is 0 Å². The van der Waals surface area contributed by atoms with Gasteiger partial charge in [-0.05, 0) is 37.5 Å². The molecule has 1 aliphatic rings. The third-order valence-corrected chi connectivity index (χ3v) is 2.82. The third kappa shape index (κ3) is 1.90. The Morgan fingerprint density at radius 3 is 2.64 bits per heavy atom. The van der Waals surface area contributed by atoms with Gasteiger partial charge < -0.3 is 10.0 Å². The number of anilines is 1. The molecule has 1 aromatic carbocycles. The second-order valence-electron chi connectivity index (χ2n) is 3.97. The van der Waals surface area contributed by atoms with Gasteiger partial charge in [0.2, 0.25) is 0 Å². The van der Waals surface area contributed by atoms with E-state index in [1.165, 1.54) is 18.5 Å². The average molecular weight is 191 g/mol. The zero-order chi connectivity index (χ0) is 9.97. The largest absolute Gasteiger partial charge is 0.389 e. The van der Waals surface area contributed by atoms with E-state index in [0.717, 1.165) is 18.7 Å². The number of rotatable bonds is 2. The highest BCUT2D eigenvalue weighted by atomic mass is 16.3. The molecule has 1 heterocycles. The van der Waals surface area contributed by atoms with Crippen molar-refractivity contribution in [3.63, 3.8) is 0 Å². The fraction of sp³-hybridized carbons (Fsp3) is 0.500. The zero-order valence-electron chi connectivity index (χ0n) is 8.61. The van der Waals surface area contributed by atoms with Gasteiger partial charge in [0.25, 0.3) is 0 Å². The van der Waals surface area contributed by atoms with Crippen LogP contribution >= 0.6 is 0 Å². The molecule has 1 N–H and O–H groups in total. The van der Waals surface area contributed by atoms with E-state index in [2.05, 4.69) is 17.0 Å². The zero-order valence-corrected chi connectivity index (χ0v) is 8.61. The van der Waals surface area contributed by atoms with E-state index in [-0.39, 0.29) is 6.10 Å². The predicted molar refractivity (Wildman–Crippen MR) is 58.5 cm³/mol. The minimum Gasteiger partial charge on any atom is -0.389 e. The lowest BCUT2D eigenvalue weighted by molar-refractivity contribution is 0.199. The predicted octanol–water partition coefficient (Wildman–Crippen LogP) is 2.34. The van der Waals surface area contributed by atoms with Crippen LogP contribution in [0.4, 0.5) is 5.69 Å². The molecular weight excluding hydrogens is 174 g/mol. The molecule has 1 unspecified atom stereocenters. The van der Waals surface area contributed by atoms with Crippen LogP contribution in [0.15, 0.2) is 24.3 Å². The summed E-state index contributed by atoms with van der Waals surface area (Å²) in [6.45, 7) is 4.12. The molecule has 0 amide bonds. The van der Waals surface area contributed by atoms with E-state index in [1.54, 1.807) is 0 Å². The van der Waals surface area contributed by atoms with Crippen LogP contribution in [-0.2, 0) is 0 Å². The lowest BCUT2D eigenvalue weighted by atomic mass is 10.1. The number of aliphatic hydroxyl groups is 1. The molecule has 1 atom stereocenters. The van der Waals surface area contributed by atoms with Gasteiger partial charge >= 0.3 is 0 Å². The van der Waals surface area contributed by atoms with Crippen LogP contribution in [0.25, 0.3) is 0 Å². The Morgan fingerprint density at radius 2 is 2.00 bits per heavy atom. The Kier molecular flexibility index (Phi) is 2.73. The lowest BCUT2D eigenvalue weighted by Crippen LogP contribution is -2.17. The van der Waals surface area contributed by atoms with E-state index in [1.807, 2.05) is 19.1 Å². The van der Waals surface area contributed by atoms with Gasteiger partial charge in [-0.15, -0.1) is 0 Å². The molecular formula is C12H17NO. The molecule has 76 valence electrons. The first-order chi connectivity index (χ1) is 6.77. The van der Waals surface area contributed by atoms with E-state index < -0.39 is 0 Å². The maximum atomic E-state index is 9.47. The van der Waals surface area contributed by atoms with Crippen molar-refractivity contribution >= 4 is 5.69 Å². The number of hydrogen-bond acceptors (Lipinski definition) is 2. The Morgan fingerprint density at radius 1 is 1.29 bits per heavy atom. The normalized spacial score (nSPS) is 18.6. The maximum Gasteiger partial charge on any atom is 0.0762 e. The Hall–Kier alpha value is -1.02. The SMILES string of the molecule is CC(O)c1cccc(N2CCCC2)c1. The van der Waals surface area contributed by atoms with E-state index in [4.69, 9.17) is 0 Å². The average Bonchev–Trinajstić information content (AvgIpc) is 2.71. The topological polar surface area (TPSA) is 23.5 Å². The molecule has 2 nitrogen and oxygen atoms in total. The summed E-state index contributed by atoms with van der Waals surface area (Å²) in [5.41, 5.74) is 2.26. The molecule has 2 rings (SSSR count). The standard InChI is InChI=1S/C12H17NO/c1-10(14)11-5-4-6-12(9-11)13-7-2-3-8-13/h4-6,9-10,14H,2-3,7-8H2,1H3. The highest BCUT2D eigenvalue weighted by Crippen LogP contribution is 2.23. The second kappa shape index (κ2) is 4.01. The summed E-state index contributed by atoms with van der Waals surface area (Å²) in [6, 6.07) is 8.22. The highest BCUT2D eigenvalue weighted by molar-refractivity contribution is 5.49. The first-order valence-electron chi connectivity index (χ1n) is 5.30. The maximum absolute atomic E-state index is 9.47. The quantitative estimate of drug-likeness (QED) is 0.775. The second-order valence-corrected chi connectivity index (χ2v) is 3.97. The molecule has 0 aromatic heterocycles. The molecule has 1 aliphatic heterocycles. The summed E-state index contributed by atoms with van der Waals surface area (Å²) in [6.07, 6.45) is 2.22. The van der Waals surface area contributed by atoms with E-state index in [0.29, 0.717) is 0 Å². The van der Waals surface area contributed by atoms with Gasteiger partial charge in [0.05, 0.1) is 6.10 Å². The molecule has 0 saturated carbocycles. The number of benzene rings is 1. The third-order valence-electron chi connectivity index (χ3n) is 2.82. The summed E-state index contributed by atoms with van der Waals surface area (Å²) in [4.78, 5) is 2.38. The van der Waals surface area contributed by atoms with Crippen molar-refractivity contribution in [1.82, 2.24) is 0 Å².